The van der Waals surface area contributed by atoms with Gasteiger partial charge in [-0.3, -0.25) is 14.3 Å². The van der Waals surface area contributed by atoms with Gasteiger partial charge in [-0.05, 0) is 37.9 Å². The van der Waals surface area contributed by atoms with E-state index in [1.165, 1.54) is 11.3 Å². The van der Waals surface area contributed by atoms with Crippen LogP contribution in [0.2, 0.25) is 0 Å². The minimum absolute atomic E-state index is 0.00264. The van der Waals surface area contributed by atoms with Gasteiger partial charge in [0.15, 0.2) is 0 Å². The lowest BCUT2D eigenvalue weighted by molar-refractivity contribution is 0.307. The normalized spacial score (nSPS) is 17.5. The third-order valence-electron chi connectivity index (χ3n) is 6.39. The topological polar surface area (TPSA) is 80.0 Å². The van der Waals surface area contributed by atoms with E-state index in [4.69, 9.17) is 0 Å². The molecule has 0 saturated carbocycles. The van der Waals surface area contributed by atoms with Crippen molar-refractivity contribution in [3.05, 3.63) is 64.9 Å². The molecule has 0 N–H and O–H groups in total. The van der Waals surface area contributed by atoms with E-state index in [1.54, 1.807) is 35.7 Å². The molecule has 0 unspecified atom stereocenters. The van der Waals surface area contributed by atoms with E-state index in [0.29, 0.717) is 18.2 Å². The molecule has 0 aromatic carbocycles. The molecular formula is C23H27N7O. The molecule has 0 aliphatic carbocycles. The molecule has 160 valence electrons. The molecule has 0 spiro atoms. The highest BCUT2D eigenvalue weighted by molar-refractivity contribution is 5.57. The minimum atomic E-state index is -0.00264. The Morgan fingerprint density at radius 3 is 2.65 bits per heavy atom. The van der Waals surface area contributed by atoms with E-state index in [0.717, 1.165) is 56.8 Å². The summed E-state index contributed by atoms with van der Waals surface area (Å²) in [4.78, 5) is 35.0. The lowest BCUT2D eigenvalue weighted by atomic mass is 9.96. The van der Waals surface area contributed by atoms with Crippen molar-refractivity contribution in [3.8, 4) is 11.3 Å². The van der Waals surface area contributed by atoms with Gasteiger partial charge < -0.3 is 9.80 Å². The summed E-state index contributed by atoms with van der Waals surface area (Å²) in [5.41, 5.74) is 4.07. The highest BCUT2D eigenvalue weighted by atomic mass is 16.1. The van der Waals surface area contributed by atoms with Crippen molar-refractivity contribution in [2.75, 3.05) is 31.6 Å². The van der Waals surface area contributed by atoms with Crippen molar-refractivity contribution in [2.45, 2.75) is 32.4 Å². The summed E-state index contributed by atoms with van der Waals surface area (Å²) in [6.45, 7) is 4.58. The number of nitrogens with zero attached hydrogens (tertiary/aromatic N) is 7. The highest BCUT2D eigenvalue weighted by Gasteiger charge is 2.26. The van der Waals surface area contributed by atoms with E-state index in [1.807, 2.05) is 12.1 Å². The molecule has 5 heterocycles. The van der Waals surface area contributed by atoms with E-state index in [9.17, 15) is 4.79 Å². The van der Waals surface area contributed by atoms with Gasteiger partial charge >= 0.3 is 0 Å². The van der Waals surface area contributed by atoms with Crippen LogP contribution in [0.4, 0.5) is 5.82 Å². The molecule has 8 heteroatoms. The van der Waals surface area contributed by atoms with Crippen molar-refractivity contribution in [3.63, 3.8) is 0 Å². The smallest absolute Gasteiger partial charge is 0.253 e. The Morgan fingerprint density at radius 1 is 1.06 bits per heavy atom. The Hall–Kier alpha value is -3.13. The zero-order chi connectivity index (χ0) is 21.2. The molecule has 0 amide bonds. The van der Waals surface area contributed by atoms with Gasteiger partial charge in [-0.15, -0.1) is 0 Å². The lowest BCUT2D eigenvalue weighted by Crippen LogP contribution is -2.38. The Kier molecular flexibility index (Phi) is 5.46. The summed E-state index contributed by atoms with van der Waals surface area (Å²) in [7, 11) is 2.15. The third kappa shape index (κ3) is 4.20. The van der Waals surface area contributed by atoms with Gasteiger partial charge in [0.05, 0.1) is 17.7 Å². The molecule has 3 aromatic rings. The van der Waals surface area contributed by atoms with Crippen LogP contribution in [-0.2, 0) is 19.5 Å². The summed E-state index contributed by atoms with van der Waals surface area (Å²) in [5, 5.41) is 0. The van der Waals surface area contributed by atoms with Crippen LogP contribution in [0.5, 0.6) is 0 Å². The number of rotatable bonds is 4. The average molecular weight is 418 g/mol. The van der Waals surface area contributed by atoms with Gasteiger partial charge in [0.25, 0.3) is 5.56 Å². The second-order valence-corrected chi connectivity index (χ2v) is 8.54. The predicted octanol–water partition coefficient (Wildman–Crippen LogP) is 2.00. The van der Waals surface area contributed by atoms with Crippen LogP contribution in [0.15, 0.2) is 48.0 Å². The second-order valence-electron chi connectivity index (χ2n) is 8.54. The monoisotopic (exact) mass is 417 g/mol. The first kappa shape index (κ1) is 19.8. The fourth-order valence-electron chi connectivity index (χ4n) is 4.58. The molecule has 5 rings (SSSR count). The SMILES string of the molecule is CN1CCc2ncnc(N3CCC(Cn4cnc(-c5ccncc5)cc4=O)CC3)c2C1. The van der Waals surface area contributed by atoms with Gasteiger partial charge in [0.1, 0.15) is 12.1 Å². The Bertz CT molecular complexity index is 1110. The number of piperidine rings is 1. The molecule has 1 saturated heterocycles. The maximum absolute atomic E-state index is 12.6. The molecule has 8 nitrogen and oxygen atoms in total. The van der Waals surface area contributed by atoms with Gasteiger partial charge in [0, 0.05) is 68.7 Å². The maximum Gasteiger partial charge on any atom is 0.253 e. The first-order chi connectivity index (χ1) is 15.2. The number of hydrogen-bond acceptors (Lipinski definition) is 7. The zero-order valence-electron chi connectivity index (χ0n) is 17.8. The summed E-state index contributed by atoms with van der Waals surface area (Å²) >= 11 is 0. The summed E-state index contributed by atoms with van der Waals surface area (Å²) in [5.74, 6) is 1.55. The molecule has 3 aromatic heterocycles. The Morgan fingerprint density at radius 2 is 1.87 bits per heavy atom. The van der Waals surface area contributed by atoms with Crippen molar-refractivity contribution >= 4 is 5.82 Å². The summed E-state index contributed by atoms with van der Waals surface area (Å²) < 4.78 is 1.74. The molecule has 2 aliphatic rings. The van der Waals surface area contributed by atoms with Crippen LogP contribution in [0.1, 0.15) is 24.1 Å². The maximum atomic E-state index is 12.6. The fourth-order valence-corrected chi connectivity index (χ4v) is 4.58. The van der Waals surface area contributed by atoms with E-state index in [-0.39, 0.29) is 5.56 Å². The molecule has 0 bridgehead atoms. The number of fused-ring (bicyclic) bond motifs is 1. The van der Waals surface area contributed by atoms with Gasteiger partial charge in [-0.25, -0.2) is 15.0 Å². The quantitative estimate of drug-likeness (QED) is 0.642. The molecule has 2 aliphatic heterocycles. The largest absolute Gasteiger partial charge is 0.356 e. The van der Waals surface area contributed by atoms with E-state index < -0.39 is 0 Å². The lowest BCUT2D eigenvalue weighted by Gasteiger charge is -2.35. The molecule has 0 radical (unpaired) electrons. The number of likely N-dealkylation sites (N-methyl/N-ethyl adjacent to an activating group) is 1. The first-order valence-electron chi connectivity index (χ1n) is 10.9. The highest BCUT2D eigenvalue weighted by Crippen LogP contribution is 2.29. The summed E-state index contributed by atoms with van der Waals surface area (Å²) in [6.07, 6.45) is 9.87. The van der Waals surface area contributed by atoms with Gasteiger partial charge in [-0.2, -0.15) is 0 Å². The summed E-state index contributed by atoms with van der Waals surface area (Å²) in [6, 6.07) is 5.35. The van der Waals surface area contributed by atoms with Crippen molar-refractivity contribution < 1.29 is 0 Å². The minimum Gasteiger partial charge on any atom is -0.356 e. The van der Waals surface area contributed by atoms with E-state index >= 15 is 0 Å². The Balaban J connectivity index is 1.25. The average Bonchev–Trinajstić information content (AvgIpc) is 2.81. The van der Waals surface area contributed by atoms with Crippen LogP contribution < -0.4 is 10.5 Å². The van der Waals surface area contributed by atoms with Crippen LogP contribution >= 0.6 is 0 Å². The number of pyridine rings is 1. The van der Waals surface area contributed by atoms with Crippen LogP contribution in [0.3, 0.4) is 0 Å². The second kappa shape index (κ2) is 8.55. The predicted molar refractivity (Wildman–Crippen MR) is 119 cm³/mol. The van der Waals surface area contributed by atoms with Crippen LogP contribution in [0.25, 0.3) is 11.3 Å². The molecular weight excluding hydrogens is 390 g/mol. The van der Waals surface area contributed by atoms with Crippen molar-refractivity contribution in [1.29, 1.82) is 0 Å². The number of aromatic nitrogens is 5. The van der Waals surface area contributed by atoms with Crippen LogP contribution in [0, 0.1) is 5.92 Å². The van der Waals surface area contributed by atoms with E-state index in [2.05, 4.69) is 36.8 Å². The fraction of sp³-hybridized carbons (Fsp3) is 0.435. The van der Waals surface area contributed by atoms with Gasteiger partial charge in [0.2, 0.25) is 0 Å². The zero-order valence-corrected chi connectivity index (χ0v) is 17.8. The number of anilines is 1. The first-order valence-corrected chi connectivity index (χ1v) is 10.9. The molecule has 31 heavy (non-hydrogen) atoms. The third-order valence-corrected chi connectivity index (χ3v) is 6.39. The standard InChI is InChI=1S/C23H27N7O/c1-28-9-6-20-19(14-28)23(26-15-25-20)29-10-4-17(5-11-29)13-30-16-27-21(12-22(30)31)18-2-7-24-8-3-18/h2-3,7-8,12,15-17H,4-6,9-11,13-14H2,1H3. The molecule has 0 atom stereocenters. The Labute approximate surface area is 181 Å². The number of hydrogen-bond donors (Lipinski definition) is 0. The molecule has 1 fully saturated rings. The van der Waals surface area contributed by atoms with Crippen LogP contribution in [-0.4, -0.2) is 56.1 Å². The van der Waals surface area contributed by atoms with Crippen molar-refractivity contribution in [1.82, 2.24) is 29.4 Å². The van der Waals surface area contributed by atoms with Crippen molar-refractivity contribution in [2.24, 2.45) is 5.92 Å². The van der Waals surface area contributed by atoms with Gasteiger partial charge in [-0.1, -0.05) is 0 Å².